The molecule has 1 aliphatic carbocycles. The Hall–Kier alpha value is -0.860. The molecule has 3 rings (SSSR count). The van der Waals surface area contributed by atoms with E-state index < -0.39 is 0 Å². The summed E-state index contributed by atoms with van der Waals surface area (Å²) in [6.45, 7) is 2.42. The highest BCUT2D eigenvalue weighted by Gasteiger charge is 2.33. The maximum absolute atomic E-state index is 3.37. The van der Waals surface area contributed by atoms with Crippen LogP contribution in [0, 0.1) is 0 Å². The number of benzene rings is 1. The first kappa shape index (κ1) is 12.2. The van der Waals surface area contributed by atoms with Crippen LogP contribution in [0.3, 0.4) is 0 Å². The number of nitrogens with zero attached hydrogens (tertiary/aromatic N) is 1. The molecular weight excluding hydrogens is 220 g/mol. The minimum atomic E-state index is 0.680. The van der Waals surface area contributed by atoms with Crippen LogP contribution >= 0.6 is 0 Å². The Balaban J connectivity index is 1.81. The molecule has 1 aromatic carbocycles. The van der Waals surface area contributed by atoms with Crippen LogP contribution in [-0.2, 0) is 6.42 Å². The SMILES string of the molecule is CNCC1CCCCN1C1CCc2ccccc21. The molecule has 2 atom stereocenters. The van der Waals surface area contributed by atoms with Crippen LogP contribution in [0.4, 0.5) is 0 Å². The second-order valence-electron chi connectivity index (χ2n) is 5.70. The Kier molecular flexibility index (Phi) is 3.67. The van der Waals surface area contributed by atoms with Crippen molar-refractivity contribution >= 4 is 0 Å². The molecule has 0 radical (unpaired) electrons. The van der Waals surface area contributed by atoms with Crippen LogP contribution in [0.25, 0.3) is 0 Å². The van der Waals surface area contributed by atoms with Gasteiger partial charge in [0.25, 0.3) is 0 Å². The van der Waals surface area contributed by atoms with Gasteiger partial charge in [-0.2, -0.15) is 0 Å². The molecule has 2 heteroatoms. The molecule has 2 aliphatic rings. The number of hydrogen-bond donors (Lipinski definition) is 1. The number of piperidine rings is 1. The first-order valence-corrected chi connectivity index (χ1v) is 7.38. The van der Waals surface area contributed by atoms with E-state index >= 15 is 0 Å². The molecule has 1 fully saturated rings. The molecule has 1 saturated heterocycles. The molecule has 2 nitrogen and oxygen atoms in total. The summed E-state index contributed by atoms with van der Waals surface area (Å²) in [7, 11) is 2.08. The number of fused-ring (bicyclic) bond motifs is 1. The van der Waals surface area contributed by atoms with E-state index in [0.717, 1.165) is 12.6 Å². The van der Waals surface area contributed by atoms with Gasteiger partial charge < -0.3 is 5.32 Å². The van der Waals surface area contributed by atoms with E-state index in [0.29, 0.717) is 6.04 Å². The first-order valence-electron chi connectivity index (χ1n) is 7.38. The molecule has 1 aliphatic heterocycles. The molecular formula is C16H24N2. The zero-order valence-electron chi connectivity index (χ0n) is 11.4. The summed E-state index contributed by atoms with van der Waals surface area (Å²) in [5.74, 6) is 0. The highest BCUT2D eigenvalue weighted by atomic mass is 15.2. The Morgan fingerprint density at radius 2 is 2.11 bits per heavy atom. The molecule has 0 bridgehead atoms. The molecule has 0 spiro atoms. The third-order valence-corrected chi connectivity index (χ3v) is 4.61. The normalized spacial score (nSPS) is 28.3. The molecule has 0 amide bonds. The van der Waals surface area contributed by atoms with Crippen molar-refractivity contribution < 1.29 is 0 Å². The van der Waals surface area contributed by atoms with E-state index in [1.54, 1.807) is 11.1 Å². The lowest BCUT2D eigenvalue weighted by Gasteiger charge is -2.40. The van der Waals surface area contributed by atoms with Gasteiger partial charge in [0, 0.05) is 18.6 Å². The highest BCUT2D eigenvalue weighted by Crippen LogP contribution is 2.38. The molecule has 0 saturated carbocycles. The molecule has 1 aromatic rings. The van der Waals surface area contributed by atoms with Crippen molar-refractivity contribution in [3.63, 3.8) is 0 Å². The number of likely N-dealkylation sites (N-methyl/N-ethyl adjacent to an activating group) is 1. The third kappa shape index (κ3) is 2.19. The van der Waals surface area contributed by atoms with Gasteiger partial charge in [0.05, 0.1) is 0 Å². The van der Waals surface area contributed by atoms with Gasteiger partial charge in [-0.25, -0.2) is 0 Å². The maximum Gasteiger partial charge on any atom is 0.0357 e. The minimum absolute atomic E-state index is 0.680. The maximum atomic E-state index is 3.37. The summed E-state index contributed by atoms with van der Waals surface area (Å²) >= 11 is 0. The fraction of sp³-hybridized carbons (Fsp3) is 0.625. The van der Waals surface area contributed by atoms with E-state index in [9.17, 15) is 0 Å². The van der Waals surface area contributed by atoms with Gasteiger partial charge in [-0.05, 0) is 50.4 Å². The van der Waals surface area contributed by atoms with Gasteiger partial charge in [0.15, 0.2) is 0 Å². The standard InChI is InChI=1S/C16H24N2/c1-17-12-14-7-4-5-11-18(14)16-10-9-13-6-2-3-8-15(13)16/h2-3,6,8,14,16-17H,4-5,7,9-12H2,1H3. The molecule has 0 aromatic heterocycles. The van der Waals surface area contributed by atoms with Gasteiger partial charge in [0.2, 0.25) is 0 Å². The number of hydrogen-bond acceptors (Lipinski definition) is 2. The fourth-order valence-electron chi connectivity index (χ4n) is 3.77. The van der Waals surface area contributed by atoms with E-state index in [-0.39, 0.29) is 0 Å². The Morgan fingerprint density at radius 3 is 3.00 bits per heavy atom. The molecule has 2 unspecified atom stereocenters. The molecule has 18 heavy (non-hydrogen) atoms. The van der Waals surface area contributed by atoms with Crippen LogP contribution in [-0.4, -0.2) is 31.1 Å². The summed E-state index contributed by atoms with van der Waals surface area (Å²) in [5, 5.41) is 3.37. The molecule has 1 heterocycles. The zero-order chi connectivity index (χ0) is 12.4. The van der Waals surface area contributed by atoms with Crippen molar-refractivity contribution in [3.8, 4) is 0 Å². The number of rotatable bonds is 3. The summed E-state index contributed by atoms with van der Waals surface area (Å²) in [6.07, 6.45) is 6.72. The van der Waals surface area contributed by atoms with Gasteiger partial charge in [0.1, 0.15) is 0 Å². The van der Waals surface area contributed by atoms with Gasteiger partial charge in [-0.15, -0.1) is 0 Å². The van der Waals surface area contributed by atoms with Crippen molar-refractivity contribution in [3.05, 3.63) is 35.4 Å². The number of nitrogens with one attached hydrogen (secondary N) is 1. The van der Waals surface area contributed by atoms with E-state index in [4.69, 9.17) is 0 Å². The van der Waals surface area contributed by atoms with Gasteiger partial charge >= 0.3 is 0 Å². The van der Waals surface area contributed by atoms with Crippen molar-refractivity contribution in [2.75, 3.05) is 20.1 Å². The molecule has 1 N–H and O–H groups in total. The van der Waals surface area contributed by atoms with Crippen molar-refractivity contribution in [1.29, 1.82) is 0 Å². The predicted molar refractivity (Wildman–Crippen MR) is 75.8 cm³/mol. The lowest BCUT2D eigenvalue weighted by Crippen LogP contribution is -2.46. The lowest BCUT2D eigenvalue weighted by molar-refractivity contribution is 0.0946. The van der Waals surface area contributed by atoms with Crippen LogP contribution in [0.15, 0.2) is 24.3 Å². The summed E-state index contributed by atoms with van der Waals surface area (Å²) < 4.78 is 0. The first-order chi connectivity index (χ1) is 8.90. The Bertz CT molecular complexity index is 400. The fourth-order valence-corrected chi connectivity index (χ4v) is 3.77. The van der Waals surface area contributed by atoms with Crippen molar-refractivity contribution in [2.45, 2.75) is 44.2 Å². The van der Waals surface area contributed by atoms with Crippen LogP contribution < -0.4 is 5.32 Å². The van der Waals surface area contributed by atoms with Crippen LogP contribution in [0.1, 0.15) is 42.9 Å². The van der Waals surface area contributed by atoms with Crippen LogP contribution in [0.2, 0.25) is 0 Å². The van der Waals surface area contributed by atoms with Crippen molar-refractivity contribution in [2.24, 2.45) is 0 Å². The second-order valence-corrected chi connectivity index (χ2v) is 5.70. The quantitative estimate of drug-likeness (QED) is 0.879. The predicted octanol–water partition coefficient (Wildman–Crippen LogP) is 2.75. The topological polar surface area (TPSA) is 15.3 Å². The monoisotopic (exact) mass is 244 g/mol. The van der Waals surface area contributed by atoms with Gasteiger partial charge in [-0.3, -0.25) is 4.90 Å². The number of likely N-dealkylation sites (tertiary alicyclic amines) is 1. The van der Waals surface area contributed by atoms with Crippen molar-refractivity contribution in [1.82, 2.24) is 10.2 Å². The third-order valence-electron chi connectivity index (χ3n) is 4.61. The van der Waals surface area contributed by atoms with Crippen LogP contribution in [0.5, 0.6) is 0 Å². The number of aryl methyl sites for hydroxylation is 1. The molecule has 98 valence electrons. The Labute approximate surface area is 110 Å². The second kappa shape index (κ2) is 5.41. The average molecular weight is 244 g/mol. The summed E-state index contributed by atoms with van der Waals surface area (Å²) in [4.78, 5) is 2.77. The lowest BCUT2D eigenvalue weighted by atomic mass is 9.97. The average Bonchev–Trinajstić information content (AvgIpc) is 2.84. The van der Waals surface area contributed by atoms with Gasteiger partial charge in [-0.1, -0.05) is 30.7 Å². The Morgan fingerprint density at radius 1 is 1.22 bits per heavy atom. The zero-order valence-corrected chi connectivity index (χ0v) is 11.4. The summed E-state index contributed by atoms with van der Waals surface area (Å²) in [5.41, 5.74) is 3.18. The summed E-state index contributed by atoms with van der Waals surface area (Å²) in [6, 6.07) is 10.5. The minimum Gasteiger partial charge on any atom is -0.318 e. The smallest absolute Gasteiger partial charge is 0.0357 e. The van der Waals surface area contributed by atoms with E-state index in [2.05, 4.69) is 41.5 Å². The van der Waals surface area contributed by atoms with E-state index in [1.807, 2.05) is 0 Å². The largest absolute Gasteiger partial charge is 0.318 e. The van der Waals surface area contributed by atoms with E-state index in [1.165, 1.54) is 38.6 Å². The highest BCUT2D eigenvalue weighted by molar-refractivity contribution is 5.34.